The number of hydrogen-bond donors (Lipinski definition) is 2. The molecule has 1 aliphatic heterocycles. The van der Waals surface area contributed by atoms with Gasteiger partial charge < -0.3 is 19.9 Å². The van der Waals surface area contributed by atoms with Gasteiger partial charge in [-0.25, -0.2) is 4.79 Å². The lowest BCUT2D eigenvalue weighted by Crippen LogP contribution is -2.31. The Hall–Kier alpha value is -3.04. The molecule has 1 heterocycles. The number of carboxylic acids is 1. The molecule has 10 heteroatoms. The number of benzene rings is 1. The molecule has 2 aliphatic rings. The SMILES string of the molecule is COc1c(C)c2c(c(NC(=O)C(F)(F)F)c1C/C=C(\C)C1CCCC[C@H]1C(=O)O)C(=O)OC2. The highest BCUT2D eigenvalue weighted by atomic mass is 19.4. The van der Waals surface area contributed by atoms with E-state index in [9.17, 15) is 32.7 Å². The van der Waals surface area contributed by atoms with Gasteiger partial charge in [-0.05, 0) is 44.6 Å². The summed E-state index contributed by atoms with van der Waals surface area (Å²) >= 11 is 0. The summed E-state index contributed by atoms with van der Waals surface area (Å²) in [7, 11) is 1.35. The van der Waals surface area contributed by atoms with Crippen molar-refractivity contribution < 1.29 is 42.1 Å². The Bertz CT molecular complexity index is 1010. The van der Waals surface area contributed by atoms with Gasteiger partial charge >= 0.3 is 24.0 Å². The second kappa shape index (κ2) is 9.44. The van der Waals surface area contributed by atoms with Crippen LogP contribution < -0.4 is 10.1 Å². The maximum Gasteiger partial charge on any atom is 0.471 e. The standard InChI is InChI=1S/C23H26F3NO6/c1-11(13-6-4-5-7-14(13)20(28)29)8-9-15-18(27-22(31)23(24,25)26)17-16(10-33-21(17)30)12(2)19(15)32-3/h8,13-14H,4-7,9-10H2,1-3H3,(H,27,31)(H,28,29)/b11-8+/t13?,14-/m1/s1. The molecule has 0 radical (unpaired) electrons. The van der Waals surface area contributed by atoms with E-state index in [4.69, 9.17) is 9.47 Å². The van der Waals surface area contributed by atoms with E-state index in [-0.39, 0.29) is 41.5 Å². The van der Waals surface area contributed by atoms with Crippen LogP contribution in [-0.2, 0) is 27.4 Å². The molecular formula is C23H26F3NO6. The third-order valence-electron chi connectivity index (χ3n) is 6.47. The predicted octanol–water partition coefficient (Wildman–Crippen LogP) is 4.55. The number of aliphatic carboxylic acids is 1. The van der Waals surface area contributed by atoms with Crippen molar-refractivity contribution in [1.29, 1.82) is 0 Å². The van der Waals surface area contributed by atoms with Crippen LogP contribution in [-0.4, -0.2) is 36.2 Å². The first-order valence-electron chi connectivity index (χ1n) is 10.6. The van der Waals surface area contributed by atoms with Crippen molar-refractivity contribution in [3.05, 3.63) is 33.9 Å². The summed E-state index contributed by atoms with van der Waals surface area (Å²) in [6, 6.07) is 0. The number of rotatable bonds is 6. The minimum Gasteiger partial charge on any atom is -0.496 e. The highest BCUT2D eigenvalue weighted by Gasteiger charge is 2.41. The second-order valence-corrected chi connectivity index (χ2v) is 8.38. The van der Waals surface area contributed by atoms with E-state index in [2.05, 4.69) is 0 Å². The number of allylic oxidation sites excluding steroid dienone is 2. The highest BCUT2D eigenvalue weighted by Crippen LogP contribution is 2.42. The first kappa shape index (κ1) is 24.6. The van der Waals surface area contributed by atoms with Gasteiger partial charge in [-0.15, -0.1) is 0 Å². The molecule has 0 saturated heterocycles. The fourth-order valence-corrected chi connectivity index (χ4v) is 4.76. The molecule has 1 amide bonds. The van der Waals surface area contributed by atoms with Crippen LogP contribution in [0.25, 0.3) is 0 Å². The van der Waals surface area contributed by atoms with Gasteiger partial charge in [0.05, 0.1) is 24.3 Å². The molecule has 3 rings (SSSR count). The topological polar surface area (TPSA) is 102 Å². The lowest BCUT2D eigenvalue weighted by Gasteiger charge is -2.29. The monoisotopic (exact) mass is 469 g/mol. The Kier molecular flexibility index (Phi) is 7.04. The van der Waals surface area contributed by atoms with Gasteiger partial charge in [-0.1, -0.05) is 24.5 Å². The van der Waals surface area contributed by atoms with E-state index in [0.29, 0.717) is 24.0 Å². The zero-order chi connectivity index (χ0) is 24.5. The fourth-order valence-electron chi connectivity index (χ4n) is 4.76. The second-order valence-electron chi connectivity index (χ2n) is 8.38. The Labute approximate surface area is 188 Å². The number of fused-ring (bicyclic) bond motifs is 1. The molecule has 0 spiro atoms. The van der Waals surface area contributed by atoms with Gasteiger partial charge in [0.2, 0.25) is 0 Å². The Morgan fingerprint density at radius 1 is 1.24 bits per heavy atom. The highest BCUT2D eigenvalue weighted by molar-refractivity contribution is 6.07. The molecule has 1 fully saturated rings. The van der Waals surface area contributed by atoms with Crippen molar-refractivity contribution in [3.8, 4) is 5.75 Å². The molecule has 2 N–H and O–H groups in total. The number of halogens is 3. The first-order chi connectivity index (χ1) is 15.5. The van der Waals surface area contributed by atoms with Gasteiger partial charge in [-0.3, -0.25) is 9.59 Å². The van der Waals surface area contributed by atoms with E-state index >= 15 is 0 Å². The third kappa shape index (κ3) is 4.84. The molecule has 0 aromatic heterocycles. The summed E-state index contributed by atoms with van der Waals surface area (Å²) in [5, 5.41) is 11.4. The molecular weight excluding hydrogens is 443 g/mol. The van der Waals surface area contributed by atoms with E-state index in [1.54, 1.807) is 19.9 Å². The molecule has 0 bridgehead atoms. The van der Waals surface area contributed by atoms with E-state index in [0.717, 1.165) is 18.4 Å². The summed E-state index contributed by atoms with van der Waals surface area (Å²) in [6.45, 7) is 3.32. The maximum atomic E-state index is 13.0. The normalized spacial score (nSPS) is 20.8. The summed E-state index contributed by atoms with van der Waals surface area (Å²) in [5.74, 6) is -4.40. The first-order valence-corrected chi connectivity index (χ1v) is 10.6. The summed E-state index contributed by atoms with van der Waals surface area (Å²) in [5.41, 5.74) is 1.47. The lowest BCUT2D eigenvalue weighted by atomic mass is 9.75. The number of nitrogens with one attached hydrogen (secondary N) is 1. The summed E-state index contributed by atoms with van der Waals surface area (Å²) in [4.78, 5) is 35.8. The van der Waals surface area contributed by atoms with Crippen LogP contribution in [0.5, 0.6) is 5.75 Å². The van der Waals surface area contributed by atoms with Crippen molar-refractivity contribution in [3.63, 3.8) is 0 Å². The van der Waals surface area contributed by atoms with Crippen LogP contribution in [0.15, 0.2) is 11.6 Å². The summed E-state index contributed by atoms with van der Waals surface area (Å²) < 4.78 is 49.6. The van der Waals surface area contributed by atoms with E-state index in [1.165, 1.54) is 7.11 Å². The van der Waals surface area contributed by atoms with Crippen LogP contribution in [0.2, 0.25) is 0 Å². The zero-order valence-corrected chi connectivity index (χ0v) is 18.6. The lowest BCUT2D eigenvalue weighted by molar-refractivity contribution is -0.167. The number of amides is 1. The van der Waals surface area contributed by atoms with Crippen LogP contribution in [0.1, 0.15) is 59.7 Å². The van der Waals surface area contributed by atoms with Crippen molar-refractivity contribution in [2.75, 3.05) is 12.4 Å². The number of hydrogen-bond acceptors (Lipinski definition) is 5. The molecule has 1 aliphatic carbocycles. The Morgan fingerprint density at radius 2 is 1.88 bits per heavy atom. The van der Waals surface area contributed by atoms with E-state index in [1.807, 2.05) is 5.32 Å². The van der Waals surface area contributed by atoms with Gasteiger partial charge in [0.25, 0.3) is 0 Å². The number of cyclic esters (lactones) is 1. The molecule has 1 aromatic carbocycles. The number of methoxy groups -OCH3 is 1. The number of carboxylic acid groups (broad SMARTS) is 1. The van der Waals surface area contributed by atoms with Gasteiger partial charge in [0.1, 0.15) is 12.4 Å². The molecule has 1 unspecified atom stereocenters. The minimum atomic E-state index is -5.16. The van der Waals surface area contributed by atoms with E-state index < -0.39 is 29.9 Å². The number of esters is 1. The Morgan fingerprint density at radius 3 is 2.45 bits per heavy atom. The Balaban J connectivity index is 2.08. The van der Waals surface area contributed by atoms with Crippen LogP contribution in [0.3, 0.4) is 0 Å². The molecule has 1 aromatic rings. The van der Waals surface area contributed by atoms with Gasteiger partial charge in [-0.2, -0.15) is 13.2 Å². The zero-order valence-electron chi connectivity index (χ0n) is 18.6. The van der Waals surface area contributed by atoms with Crippen LogP contribution in [0, 0.1) is 18.8 Å². The van der Waals surface area contributed by atoms with Crippen LogP contribution in [0.4, 0.5) is 18.9 Å². The number of anilines is 1. The molecule has 33 heavy (non-hydrogen) atoms. The average molecular weight is 469 g/mol. The van der Waals surface area contributed by atoms with Crippen molar-refractivity contribution in [2.45, 2.75) is 58.7 Å². The molecule has 7 nitrogen and oxygen atoms in total. The van der Waals surface area contributed by atoms with Crippen molar-refractivity contribution in [2.24, 2.45) is 11.8 Å². The van der Waals surface area contributed by atoms with Crippen LogP contribution >= 0.6 is 0 Å². The predicted molar refractivity (Wildman–Crippen MR) is 112 cm³/mol. The van der Waals surface area contributed by atoms with Gasteiger partial charge in [0.15, 0.2) is 0 Å². The quantitative estimate of drug-likeness (QED) is 0.468. The molecule has 1 saturated carbocycles. The third-order valence-corrected chi connectivity index (χ3v) is 6.47. The molecule has 2 atom stereocenters. The summed E-state index contributed by atoms with van der Waals surface area (Å²) in [6.07, 6.45) is -0.415. The maximum absolute atomic E-state index is 13.0. The average Bonchev–Trinajstić information content (AvgIpc) is 3.15. The molecule has 180 valence electrons. The van der Waals surface area contributed by atoms with Crippen molar-refractivity contribution >= 4 is 23.5 Å². The fraction of sp³-hybridized carbons (Fsp3) is 0.522. The number of ether oxygens (including phenoxy) is 2. The number of carbonyl (C=O) groups is 3. The number of carbonyl (C=O) groups excluding carboxylic acids is 2. The largest absolute Gasteiger partial charge is 0.496 e. The minimum absolute atomic E-state index is 0.0344. The smallest absolute Gasteiger partial charge is 0.471 e. The number of alkyl halides is 3. The van der Waals surface area contributed by atoms with Crippen molar-refractivity contribution in [1.82, 2.24) is 0 Å². The van der Waals surface area contributed by atoms with Gasteiger partial charge in [0, 0.05) is 11.1 Å².